The van der Waals surface area contributed by atoms with Gasteiger partial charge in [-0.25, -0.2) is 32.3 Å². The fraction of sp³-hybridized carbons (Fsp3) is 0.650. The number of likely N-dealkylation sites (tertiary alicyclic amines) is 1. The van der Waals surface area contributed by atoms with Crippen molar-refractivity contribution in [2.75, 3.05) is 13.1 Å². The molecule has 5 unspecified atom stereocenters. The number of hydrogen-bond donors (Lipinski definition) is 2. The standard InChI is InChI=1S/C40H44F7N5O4/c41-37(42)11-9-26(10-12-37)52-18-31(29-8-7-28(16-32(29)52)56-27-5-3-25(4-6-27)51-19-38(43,44)20-51)34-48-17-30(33(49-34)40(45,46)47)35(53)50-39(36(54)55)23-2-1-21-13-24(39)15-22(21)14-23/h7-8,16-18,21-27H,1-6,9-15,19-20H2,(H,50,53)(H,54,55)/t21?,22?,23?,24?,25-,27-,39?. The zero-order valence-corrected chi connectivity index (χ0v) is 30.6. The molecule has 3 bridgehead atoms. The van der Waals surface area contributed by atoms with E-state index in [9.17, 15) is 45.4 Å². The van der Waals surface area contributed by atoms with Crippen molar-refractivity contribution >= 4 is 22.8 Å². The Morgan fingerprint density at radius 3 is 2.23 bits per heavy atom. The van der Waals surface area contributed by atoms with E-state index in [4.69, 9.17) is 4.74 Å². The number of nitrogens with zero attached hydrogens (tertiary/aromatic N) is 4. The number of carboxylic acid groups (broad SMARTS) is 1. The second-order valence-electron chi connectivity index (χ2n) is 17.3. The predicted molar refractivity (Wildman–Crippen MR) is 188 cm³/mol. The molecule has 9 rings (SSSR count). The lowest BCUT2D eigenvalue weighted by atomic mass is 9.62. The van der Waals surface area contributed by atoms with E-state index in [1.165, 1.54) is 0 Å². The van der Waals surface area contributed by atoms with Crippen molar-refractivity contribution < 1.29 is 50.2 Å². The summed E-state index contributed by atoms with van der Waals surface area (Å²) < 4.78 is 108. The van der Waals surface area contributed by atoms with Gasteiger partial charge < -0.3 is 19.7 Å². The van der Waals surface area contributed by atoms with E-state index in [-0.39, 0.29) is 68.2 Å². The zero-order valence-electron chi connectivity index (χ0n) is 30.6. The molecular weight excluding hydrogens is 747 g/mol. The van der Waals surface area contributed by atoms with E-state index in [0.29, 0.717) is 79.9 Å². The Morgan fingerprint density at radius 1 is 0.857 bits per heavy atom. The maximum atomic E-state index is 14.8. The third-order valence-electron chi connectivity index (χ3n) is 14.0. The summed E-state index contributed by atoms with van der Waals surface area (Å²) in [4.78, 5) is 36.7. The highest BCUT2D eigenvalue weighted by Crippen LogP contribution is 2.59. The summed E-state index contributed by atoms with van der Waals surface area (Å²) in [7, 11) is 0. The normalized spacial score (nSPS) is 32.6. The first kappa shape index (κ1) is 37.6. The topological polar surface area (TPSA) is 110 Å². The average Bonchev–Trinajstić information content (AvgIpc) is 3.67. The number of alkyl halides is 7. The predicted octanol–water partition coefficient (Wildman–Crippen LogP) is 8.52. The summed E-state index contributed by atoms with van der Waals surface area (Å²) in [5.74, 6) is -7.80. The molecule has 3 heterocycles. The molecule has 9 nitrogen and oxygen atoms in total. The summed E-state index contributed by atoms with van der Waals surface area (Å²) >= 11 is 0. The summed E-state index contributed by atoms with van der Waals surface area (Å²) in [5.41, 5.74) is -3.32. The monoisotopic (exact) mass is 791 g/mol. The summed E-state index contributed by atoms with van der Waals surface area (Å²) in [6, 6.07) is 4.75. The molecule has 5 atom stereocenters. The molecule has 2 aromatic heterocycles. The first-order chi connectivity index (χ1) is 26.5. The molecule has 0 radical (unpaired) electrons. The van der Waals surface area contributed by atoms with E-state index in [0.717, 1.165) is 12.6 Å². The van der Waals surface area contributed by atoms with E-state index < -0.39 is 58.7 Å². The molecule has 1 aromatic carbocycles. The summed E-state index contributed by atoms with van der Waals surface area (Å²) in [6.07, 6.45) is 2.56. The van der Waals surface area contributed by atoms with Crippen molar-refractivity contribution in [1.82, 2.24) is 24.8 Å². The van der Waals surface area contributed by atoms with Gasteiger partial charge in [-0.3, -0.25) is 9.69 Å². The van der Waals surface area contributed by atoms with Crippen molar-refractivity contribution in [1.29, 1.82) is 0 Å². The maximum Gasteiger partial charge on any atom is 0.434 e. The van der Waals surface area contributed by atoms with Crippen LogP contribution in [0.2, 0.25) is 0 Å². The smallest absolute Gasteiger partial charge is 0.434 e. The number of hydrogen-bond acceptors (Lipinski definition) is 6. The SMILES string of the molecule is O=C(NC1(C(=O)O)C2CCC3CC1CC3C2)c1cnc(-c2cn(C3CCC(F)(F)CC3)c3cc(O[C@H]4CC[C@H](N5CC(F)(F)C5)CC4)ccc23)nc1C(F)(F)F. The van der Waals surface area contributed by atoms with Crippen LogP contribution in [-0.2, 0) is 11.0 Å². The van der Waals surface area contributed by atoms with Gasteiger partial charge in [0.25, 0.3) is 11.8 Å². The molecule has 56 heavy (non-hydrogen) atoms. The number of carbonyl (C=O) groups is 2. The Bertz CT molecular complexity index is 2020. The van der Waals surface area contributed by atoms with Gasteiger partial charge in [-0.15, -0.1) is 0 Å². The van der Waals surface area contributed by atoms with Gasteiger partial charge in [0.15, 0.2) is 11.5 Å². The third-order valence-corrected chi connectivity index (χ3v) is 14.0. The lowest BCUT2D eigenvalue weighted by molar-refractivity contribution is -0.152. The minimum Gasteiger partial charge on any atom is -0.490 e. The molecule has 16 heteroatoms. The summed E-state index contributed by atoms with van der Waals surface area (Å²) in [6.45, 7) is -0.466. The second kappa shape index (κ2) is 13.3. The van der Waals surface area contributed by atoms with E-state index in [1.54, 1.807) is 33.9 Å². The van der Waals surface area contributed by atoms with Gasteiger partial charge in [-0.2, -0.15) is 13.2 Å². The van der Waals surface area contributed by atoms with Crippen LogP contribution in [0.15, 0.2) is 30.6 Å². The van der Waals surface area contributed by atoms with Gasteiger partial charge >= 0.3 is 12.1 Å². The first-order valence-electron chi connectivity index (χ1n) is 19.8. The van der Waals surface area contributed by atoms with Crippen LogP contribution in [0.4, 0.5) is 30.7 Å². The third kappa shape index (κ3) is 6.51. The number of rotatable bonds is 8. The second-order valence-corrected chi connectivity index (χ2v) is 17.3. The number of fused-ring (bicyclic) bond motifs is 3. The van der Waals surface area contributed by atoms with Gasteiger partial charge in [-0.05, 0) is 106 Å². The highest BCUT2D eigenvalue weighted by molar-refractivity contribution is 6.00. The van der Waals surface area contributed by atoms with Crippen molar-refractivity contribution in [2.24, 2.45) is 23.7 Å². The quantitative estimate of drug-likeness (QED) is 0.220. The molecule has 0 spiro atoms. The van der Waals surface area contributed by atoms with Crippen LogP contribution < -0.4 is 10.1 Å². The summed E-state index contributed by atoms with van der Waals surface area (Å²) in [5, 5.41) is 13.6. The molecule has 1 aliphatic heterocycles. The number of benzene rings is 1. The molecule has 3 aromatic rings. The number of amides is 1. The van der Waals surface area contributed by atoms with Crippen molar-refractivity contribution in [2.45, 2.75) is 125 Å². The Labute approximate surface area is 318 Å². The van der Waals surface area contributed by atoms with Crippen LogP contribution in [0.1, 0.15) is 106 Å². The van der Waals surface area contributed by atoms with Crippen LogP contribution in [0, 0.1) is 23.7 Å². The Kier molecular flexibility index (Phi) is 8.94. The molecule has 6 fully saturated rings. The number of aliphatic carboxylic acids is 1. The molecule has 1 saturated heterocycles. The van der Waals surface area contributed by atoms with E-state index in [1.807, 2.05) is 0 Å². The highest BCUT2D eigenvalue weighted by Gasteiger charge is 2.63. The van der Waals surface area contributed by atoms with Gasteiger partial charge in [0.2, 0.25) is 5.92 Å². The fourth-order valence-electron chi connectivity index (χ4n) is 11.2. The van der Waals surface area contributed by atoms with Gasteiger partial charge in [0.1, 0.15) is 11.3 Å². The number of aromatic nitrogens is 3. The van der Waals surface area contributed by atoms with Gasteiger partial charge in [0, 0.05) is 54.3 Å². The molecule has 1 amide bonds. The zero-order chi connectivity index (χ0) is 39.4. The average molecular weight is 792 g/mol. The van der Waals surface area contributed by atoms with Crippen molar-refractivity contribution in [3.05, 3.63) is 41.9 Å². The molecule has 5 aliphatic carbocycles. The molecule has 2 N–H and O–H groups in total. The number of nitrogens with one attached hydrogen (secondary N) is 1. The molecular formula is C40H44F7N5O4. The minimum absolute atomic E-state index is 0.0656. The van der Waals surface area contributed by atoms with Crippen molar-refractivity contribution in [3.63, 3.8) is 0 Å². The molecule has 6 aliphatic rings. The first-order valence-corrected chi connectivity index (χ1v) is 19.8. The van der Waals surface area contributed by atoms with Crippen LogP contribution in [0.3, 0.4) is 0 Å². The number of ether oxygens (including phenoxy) is 1. The van der Waals surface area contributed by atoms with Crippen molar-refractivity contribution in [3.8, 4) is 17.1 Å². The number of carbonyl (C=O) groups excluding carboxylic acids is 1. The van der Waals surface area contributed by atoms with Crippen LogP contribution in [0.25, 0.3) is 22.3 Å². The largest absolute Gasteiger partial charge is 0.490 e. The molecule has 302 valence electrons. The lowest BCUT2D eigenvalue weighted by Gasteiger charge is -2.47. The lowest BCUT2D eigenvalue weighted by Crippen LogP contribution is -2.65. The Hall–Kier alpha value is -3.95. The fourth-order valence-corrected chi connectivity index (χ4v) is 11.2. The van der Waals surface area contributed by atoms with Crippen LogP contribution >= 0.6 is 0 Å². The van der Waals surface area contributed by atoms with Crippen LogP contribution in [-0.4, -0.2) is 79.0 Å². The minimum atomic E-state index is -5.10. The molecule has 5 saturated carbocycles. The Morgan fingerprint density at radius 2 is 1.55 bits per heavy atom. The maximum absolute atomic E-state index is 14.8. The van der Waals surface area contributed by atoms with Gasteiger partial charge in [0.05, 0.1) is 30.3 Å². The Balaban J connectivity index is 1.02. The van der Waals surface area contributed by atoms with E-state index in [2.05, 4.69) is 15.3 Å². The number of halogens is 7. The number of carboxylic acids is 1. The highest BCUT2D eigenvalue weighted by atomic mass is 19.4. The van der Waals surface area contributed by atoms with Crippen LogP contribution in [0.5, 0.6) is 5.75 Å². The van der Waals surface area contributed by atoms with E-state index >= 15 is 0 Å². The van der Waals surface area contributed by atoms with Gasteiger partial charge in [-0.1, -0.05) is 0 Å².